The van der Waals surface area contributed by atoms with Crippen molar-refractivity contribution in [3.05, 3.63) is 59.7 Å². The highest BCUT2D eigenvalue weighted by Gasteiger charge is 2.19. The lowest BCUT2D eigenvalue weighted by Crippen LogP contribution is -2.24. The molecule has 0 radical (unpaired) electrons. The van der Waals surface area contributed by atoms with E-state index in [4.69, 9.17) is 13.9 Å². The number of nitrogens with one attached hydrogen (secondary N) is 1. The van der Waals surface area contributed by atoms with Crippen LogP contribution in [-0.2, 0) is 16.6 Å². The van der Waals surface area contributed by atoms with Crippen LogP contribution in [0.3, 0.4) is 0 Å². The van der Waals surface area contributed by atoms with E-state index < -0.39 is 10.0 Å². The Morgan fingerprint density at radius 2 is 1.89 bits per heavy atom. The summed E-state index contributed by atoms with van der Waals surface area (Å²) in [5.74, 6) is 0.967. The molecular weight excluding hydrogens is 380 g/mol. The van der Waals surface area contributed by atoms with Gasteiger partial charge in [0.1, 0.15) is 5.75 Å². The van der Waals surface area contributed by atoms with Crippen molar-refractivity contribution in [3.8, 4) is 22.8 Å². The largest absolute Gasteiger partial charge is 0.496 e. The molecule has 0 unspecified atom stereocenters. The van der Waals surface area contributed by atoms with Gasteiger partial charge in [0.15, 0.2) is 0 Å². The molecule has 0 aliphatic carbocycles. The summed E-state index contributed by atoms with van der Waals surface area (Å²) in [6.07, 6.45) is 3.06. The summed E-state index contributed by atoms with van der Waals surface area (Å²) >= 11 is 0. The van der Waals surface area contributed by atoms with Gasteiger partial charge in [-0.25, -0.2) is 18.1 Å². The Bertz CT molecular complexity index is 1080. The lowest BCUT2D eigenvalue weighted by atomic mass is 10.1. The molecular formula is C20H22N2O5S. The van der Waals surface area contributed by atoms with Crippen molar-refractivity contribution < 1.29 is 22.3 Å². The Hall–Kier alpha value is -2.84. The van der Waals surface area contributed by atoms with Crippen LogP contribution < -0.4 is 14.2 Å². The fraction of sp³-hybridized carbons (Fsp3) is 0.250. The number of ether oxygens (including phenoxy) is 2. The van der Waals surface area contributed by atoms with Crippen molar-refractivity contribution in [2.24, 2.45) is 0 Å². The molecule has 148 valence electrons. The number of aromatic nitrogens is 1. The van der Waals surface area contributed by atoms with Gasteiger partial charge in [-0.3, -0.25) is 0 Å². The van der Waals surface area contributed by atoms with Crippen molar-refractivity contribution in [1.82, 2.24) is 9.71 Å². The summed E-state index contributed by atoms with van der Waals surface area (Å²) in [6, 6.07) is 8.31. The molecule has 0 bridgehead atoms. The molecule has 0 saturated carbocycles. The van der Waals surface area contributed by atoms with Crippen molar-refractivity contribution in [2.45, 2.75) is 25.3 Å². The Morgan fingerprint density at radius 1 is 1.11 bits per heavy atom. The maximum absolute atomic E-state index is 12.9. The second kappa shape index (κ2) is 8.04. The summed E-state index contributed by atoms with van der Waals surface area (Å²) in [5.41, 5.74) is 3.76. The van der Waals surface area contributed by atoms with E-state index in [0.717, 1.165) is 16.8 Å². The van der Waals surface area contributed by atoms with Crippen LogP contribution in [0.2, 0.25) is 0 Å². The fourth-order valence-corrected chi connectivity index (χ4v) is 3.98. The second-order valence-corrected chi connectivity index (χ2v) is 8.03. The molecule has 3 aromatic rings. The summed E-state index contributed by atoms with van der Waals surface area (Å²) in [5, 5.41) is 0. The molecule has 2 aromatic heterocycles. The van der Waals surface area contributed by atoms with Crippen LogP contribution in [0.1, 0.15) is 16.8 Å². The predicted molar refractivity (Wildman–Crippen MR) is 105 cm³/mol. The van der Waals surface area contributed by atoms with Crippen molar-refractivity contribution in [1.29, 1.82) is 0 Å². The lowest BCUT2D eigenvalue weighted by Gasteiger charge is -2.14. The number of sulfonamides is 1. The molecule has 0 spiro atoms. The van der Waals surface area contributed by atoms with E-state index in [1.165, 1.54) is 32.8 Å². The molecule has 0 amide bonds. The number of furan rings is 1. The van der Waals surface area contributed by atoms with E-state index in [-0.39, 0.29) is 11.4 Å². The highest BCUT2D eigenvalue weighted by atomic mass is 32.2. The number of nitrogens with zero attached hydrogens (tertiary/aromatic N) is 1. The Labute approximate surface area is 164 Å². The third-order valence-electron chi connectivity index (χ3n) is 4.38. The number of hydrogen-bond donors (Lipinski definition) is 1. The Morgan fingerprint density at radius 3 is 2.54 bits per heavy atom. The van der Waals surface area contributed by atoms with E-state index in [9.17, 15) is 8.42 Å². The number of rotatable bonds is 7. The molecule has 1 N–H and O–H groups in total. The molecule has 0 saturated heterocycles. The first-order valence-corrected chi connectivity index (χ1v) is 10.1. The van der Waals surface area contributed by atoms with Crippen LogP contribution in [0.15, 0.2) is 52.2 Å². The topological polar surface area (TPSA) is 90.7 Å². The van der Waals surface area contributed by atoms with E-state index in [2.05, 4.69) is 9.71 Å². The van der Waals surface area contributed by atoms with Crippen molar-refractivity contribution in [3.63, 3.8) is 0 Å². The number of methoxy groups -OCH3 is 2. The van der Waals surface area contributed by atoms with Gasteiger partial charge in [0.25, 0.3) is 0 Å². The van der Waals surface area contributed by atoms with Gasteiger partial charge in [-0.15, -0.1) is 0 Å². The van der Waals surface area contributed by atoms with Gasteiger partial charge in [0.2, 0.25) is 15.9 Å². The van der Waals surface area contributed by atoms with Crippen LogP contribution >= 0.6 is 0 Å². The summed E-state index contributed by atoms with van der Waals surface area (Å²) < 4.78 is 44.1. The van der Waals surface area contributed by atoms with Crippen molar-refractivity contribution in [2.75, 3.05) is 14.2 Å². The normalized spacial score (nSPS) is 11.4. The SMILES string of the molecule is COc1ccc(S(=O)(=O)NCc2c(C)cc(C)nc2OC)cc1-c1ccoc1. The minimum Gasteiger partial charge on any atom is -0.496 e. The Kier molecular flexibility index (Phi) is 5.71. The van der Waals surface area contributed by atoms with Gasteiger partial charge in [-0.05, 0) is 49.7 Å². The molecule has 8 heteroatoms. The molecule has 0 fully saturated rings. The van der Waals surface area contributed by atoms with Crippen molar-refractivity contribution >= 4 is 10.0 Å². The maximum Gasteiger partial charge on any atom is 0.240 e. The highest BCUT2D eigenvalue weighted by molar-refractivity contribution is 7.89. The van der Waals surface area contributed by atoms with E-state index in [0.29, 0.717) is 22.8 Å². The van der Waals surface area contributed by atoms with Gasteiger partial charge < -0.3 is 13.9 Å². The van der Waals surface area contributed by atoms with E-state index >= 15 is 0 Å². The number of benzene rings is 1. The van der Waals surface area contributed by atoms with Crippen LogP contribution in [0.5, 0.6) is 11.6 Å². The Balaban J connectivity index is 1.91. The summed E-state index contributed by atoms with van der Waals surface area (Å²) in [6.45, 7) is 3.82. The van der Waals surface area contributed by atoms with Crippen LogP contribution in [-0.4, -0.2) is 27.6 Å². The number of hydrogen-bond acceptors (Lipinski definition) is 6. The molecule has 0 aliphatic heterocycles. The number of aryl methyl sites for hydroxylation is 2. The average molecular weight is 402 g/mol. The van der Waals surface area contributed by atoms with Crippen LogP contribution in [0.25, 0.3) is 11.1 Å². The first kappa shape index (κ1) is 19.9. The molecule has 2 heterocycles. The van der Waals surface area contributed by atoms with Gasteiger partial charge >= 0.3 is 0 Å². The predicted octanol–water partition coefficient (Wildman–Crippen LogP) is 3.45. The lowest BCUT2D eigenvalue weighted by molar-refractivity contribution is 0.390. The van der Waals surface area contributed by atoms with Crippen LogP contribution in [0, 0.1) is 13.8 Å². The molecule has 0 atom stereocenters. The standard InChI is InChI=1S/C20H22N2O5S/c1-13-9-14(2)22-20(26-4)18(13)11-21-28(23,24)16-5-6-19(25-3)17(10-16)15-7-8-27-12-15/h5-10,12,21H,11H2,1-4H3. The molecule has 0 aliphatic rings. The summed E-state index contributed by atoms with van der Waals surface area (Å²) in [7, 11) is -0.722. The first-order valence-electron chi connectivity index (χ1n) is 8.57. The molecule has 3 rings (SSSR count). The maximum atomic E-state index is 12.9. The smallest absolute Gasteiger partial charge is 0.240 e. The zero-order valence-corrected chi connectivity index (χ0v) is 17.0. The van der Waals surface area contributed by atoms with E-state index in [1.807, 2.05) is 19.9 Å². The zero-order valence-electron chi connectivity index (χ0n) is 16.1. The van der Waals surface area contributed by atoms with Gasteiger partial charge in [0.05, 0.1) is 31.6 Å². The third-order valence-corrected chi connectivity index (χ3v) is 5.78. The van der Waals surface area contributed by atoms with Crippen LogP contribution in [0.4, 0.5) is 0 Å². The summed E-state index contributed by atoms with van der Waals surface area (Å²) in [4.78, 5) is 4.44. The zero-order chi connectivity index (χ0) is 20.3. The van der Waals surface area contributed by atoms with Gasteiger partial charge in [-0.1, -0.05) is 0 Å². The van der Waals surface area contributed by atoms with Gasteiger partial charge in [0, 0.05) is 28.9 Å². The second-order valence-electron chi connectivity index (χ2n) is 6.27. The monoisotopic (exact) mass is 402 g/mol. The fourth-order valence-electron chi connectivity index (χ4n) is 2.96. The quantitative estimate of drug-likeness (QED) is 0.651. The minimum atomic E-state index is -3.77. The molecule has 28 heavy (non-hydrogen) atoms. The minimum absolute atomic E-state index is 0.0672. The third kappa shape index (κ3) is 4.02. The first-order chi connectivity index (χ1) is 13.4. The average Bonchev–Trinajstić information content (AvgIpc) is 3.20. The van der Waals surface area contributed by atoms with E-state index in [1.54, 1.807) is 18.2 Å². The van der Waals surface area contributed by atoms with Gasteiger partial charge in [-0.2, -0.15) is 0 Å². The molecule has 1 aromatic carbocycles. The highest BCUT2D eigenvalue weighted by Crippen LogP contribution is 2.32. The number of pyridine rings is 1. The molecule has 7 nitrogen and oxygen atoms in total.